The molecule has 1 aromatic rings. The van der Waals surface area contributed by atoms with E-state index in [1.54, 1.807) is 7.11 Å². The molecule has 1 heterocycles. The summed E-state index contributed by atoms with van der Waals surface area (Å²) in [4.78, 5) is 4.59. The summed E-state index contributed by atoms with van der Waals surface area (Å²) < 4.78 is 5.47. The molecule has 0 aromatic carbocycles. The molecule has 0 amide bonds. The summed E-state index contributed by atoms with van der Waals surface area (Å²) in [5.74, 6) is 1.61. The lowest BCUT2D eigenvalue weighted by atomic mass is 9.96. The van der Waals surface area contributed by atoms with Crippen LogP contribution in [-0.2, 0) is 6.42 Å². The van der Waals surface area contributed by atoms with Gasteiger partial charge in [-0.3, -0.25) is 4.98 Å². The molecule has 0 spiro atoms. The number of nitrogens with zero attached hydrogens (tertiary/aromatic N) is 1. The van der Waals surface area contributed by atoms with Gasteiger partial charge in [-0.2, -0.15) is 0 Å². The maximum absolute atomic E-state index is 5.47. The largest absolute Gasteiger partial charge is 0.496 e. The molecule has 1 unspecified atom stereocenters. The predicted octanol–water partition coefficient (Wildman–Crippen LogP) is 3.27. The molecule has 0 aliphatic carbocycles. The molecule has 0 aliphatic heterocycles. The van der Waals surface area contributed by atoms with E-state index >= 15 is 0 Å². The van der Waals surface area contributed by atoms with Gasteiger partial charge < -0.3 is 10.1 Å². The first-order chi connectivity index (χ1) is 8.99. The Morgan fingerprint density at radius 3 is 2.53 bits per heavy atom. The maximum Gasteiger partial charge on any atom is 0.128 e. The second kappa shape index (κ2) is 7.49. The first-order valence-corrected chi connectivity index (χ1v) is 7.22. The number of hydrogen-bond acceptors (Lipinski definition) is 3. The van der Waals surface area contributed by atoms with Crippen LogP contribution < -0.4 is 10.1 Å². The van der Waals surface area contributed by atoms with Gasteiger partial charge in [-0.25, -0.2) is 0 Å². The molecule has 1 N–H and O–H groups in total. The van der Waals surface area contributed by atoms with Crippen molar-refractivity contribution in [2.75, 3.05) is 13.7 Å². The van der Waals surface area contributed by atoms with Crippen LogP contribution in [0, 0.1) is 19.8 Å². The van der Waals surface area contributed by atoms with Crippen molar-refractivity contribution in [2.24, 2.45) is 5.92 Å². The van der Waals surface area contributed by atoms with Gasteiger partial charge in [0.05, 0.1) is 7.11 Å². The van der Waals surface area contributed by atoms with Crippen molar-refractivity contribution < 1.29 is 4.74 Å². The highest BCUT2D eigenvalue weighted by Crippen LogP contribution is 2.25. The normalized spacial score (nSPS) is 12.8. The monoisotopic (exact) mass is 264 g/mol. The van der Waals surface area contributed by atoms with E-state index in [2.05, 4.69) is 38.0 Å². The number of ether oxygens (including phenoxy) is 1. The van der Waals surface area contributed by atoms with Crippen LogP contribution in [0.4, 0.5) is 0 Å². The molecular formula is C16H28N2O. The molecule has 19 heavy (non-hydrogen) atoms. The lowest BCUT2D eigenvalue weighted by molar-refractivity contribution is 0.402. The average Bonchev–Trinajstić information content (AvgIpc) is 2.37. The van der Waals surface area contributed by atoms with Gasteiger partial charge in [-0.05, 0) is 32.7 Å². The third-order valence-electron chi connectivity index (χ3n) is 3.62. The van der Waals surface area contributed by atoms with E-state index in [-0.39, 0.29) is 0 Å². The van der Waals surface area contributed by atoms with E-state index in [1.165, 1.54) is 11.3 Å². The molecule has 1 rings (SSSR count). The summed E-state index contributed by atoms with van der Waals surface area (Å²) in [5.41, 5.74) is 3.46. The third kappa shape index (κ3) is 4.50. The van der Waals surface area contributed by atoms with Gasteiger partial charge in [-0.15, -0.1) is 0 Å². The summed E-state index contributed by atoms with van der Waals surface area (Å²) in [6.07, 6.45) is 4.10. The second-order valence-electron chi connectivity index (χ2n) is 5.59. The quantitative estimate of drug-likeness (QED) is 0.820. The number of hydrogen-bond donors (Lipinski definition) is 1. The van der Waals surface area contributed by atoms with Crippen molar-refractivity contribution >= 4 is 0 Å². The van der Waals surface area contributed by atoms with Gasteiger partial charge in [0.1, 0.15) is 5.75 Å². The Hall–Kier alpha value is -1.09. The standard InChI is InChI=1S/C16H28N2O/c1-7-14(10-17-11(2)3)8-15-13(5)16(19-6)12(4)9-18-15/h9,11,14,17H,7-8,10H2,1-6H3. The van der Waals surface area contributed by atoms with Crippen LogP contribution in [0.5, 0.6) is 5.75 Å². The molecule has 1 atom stereocenters. The Morgan fingerprint density at radius 2 is 2.00 bits per heavy atom. The predicted molar refractivity (Wildman–Crippen MR) is 80.9 cm³/mol. The SMILES string of the molecule is CCC(CNC(C)C)Cc1ncc(C)c(OC)c1C. The highest BCUT2D eigenvalue weighted by atomic mass is 16.5. The Labute approximate surface area is 117 Å². The molecule has 3 nitrogen and oxygen atoms in total. The summed E-state index contributed by atoms with van der Waals surface area (Å²) in [6.45, 7) is 11.8. The second-order valence-corrected chi connectivity index (χ2v) is 5.59. The molecule has 1 aromatic heterocycles. The van der Waals surface area contributed by atoms with Crippen molar-refractivity contribution in [1.29, 1.82) is 0 Å². The highest BCUT2D eigenvalue weighted by molar-refractivity contribution is 5.41. The van der Waals surface area contributed by atoms with E-state index in [0.29, 0.717) is 12.0 Å². The van der Waals surface area contributed by atoms with Gasteiger partial charge in [0.2, 0.25) is 0 Å². The highest BCUT2D eigenvalue weighted by Gasteiger charge is 2.14. The molecular weight excluding hydrogens is 236 g/mol. The van der Waals surface area contributed by atoms with E-state index < -0.39 is 0 Å². The molecule has 108 valence electrons. The number of pyridine rings is 1. The first-order valence-electron chi connectivity index (χ1n) is 7.22. The minimum absolute atomic E-state index is 0.538. The molecule has 0 saturated heterocycles. The van der Waals surface area contributed by atoms with E-state index in [4.69, 9.17) is 4.74 Å². The number of nitrogens with one attached hydrogen (secondary N) is 1. The lowest BCUT2D eigenvalue weighted by Crippen LogP contribution is -2.30. The van der Waals surface area contributed by atoms with Gasteiger partial charge in [0.25, 0.3) is 0 Å². The van der Waals surface area contributed by atoms with Crippen LogP contribution in [0.3, 0.4) is 0 Å². The van der Waals surface area contributed by atoms with Crippen LogP contribution >= 0.6 is 0 Å². The van der Waals surface area contributed by atoms with Crippen LogP contribution in [0.2, 0.25) is 0 Å². The molecule has 0 bridgehead atoms. The fourth-order valence-corrected chi connectivity index (χ4v) is 2.31. The Bertz CT molecular complexity index is 402. The first kappa shape index (κ1) is 16.0. The number of methoxy groups -OCH3 is 1. The molecule has 0 radical (unpaired) electrons. The van der Waals surface area contributed by atoms with E-state index in [1.807, 2.05) is 13.1 Å². The number of rotatable bonds is 7. The summed E-state index contributed by atoms with van der Waals surface area (Å²) in [5, 5.41) is 3.52. The van der Waals surface area contributed by atoms with Crippen LogP contribution in [0.1, 0.15) is 44.0 Å². The zero-order valence-electron chi connectivity index (χ0n) is 13.2. The van der Waals surface area contributed by atoms with E-state index in [0.717, 1.165) is 30.7 Å². The van der Waals surface area contributed by atoms with Crippen LogP contribution in [-0.4, -0.2) is 24.7 Å². The lowest BCUT2D eigenvalue weighted by Gasteiger charge is -2.19. The van der Waals surface area contributed by atoms with Gasteiger partial charge in [-0.1, -0.05) is 27.2 Å². The number of aryl methyl sites for hydroxylation is 1. The van der Waals surface area contributed by atoms with Crippen LogP contribution in [0.15, 0.2) is 6.20 Å². The van der Waals surface area contributed by atoms with Crippen molar-refractivity contribution in [1.82, 2.24) is 10.3 Å². The van der Waals surface area contributed by atoms with Gasteiger partial charge >= 0.3 is 0 Å². The van der Waals surface area contributed by atoms with E-state index in [9.17, 15) is 0 Å². The summed E-state index contributed by atoms with van der Waals surface area (Å²) >= 11 is 0. The average molecular weight is 264 g/mol. The molecule has 3 heteroatoms. The van der Waals surface area contributed by atoms with Gasteiger partial charge in [0, 0.05) is 29.1 Å². The third-order valence-corrected chi connectivity index (χ3v) is 3.62. The number of aromatic nitrogens is 1. The van der Waals surface area contributed by atoms with Crippen molar-refractivity contribution in [3.63, 3.8) is 0 Å². The fraction of sp³-hybridized carbons (Fsp3) is 0.688. The summed E-state index contributed by atoms with van der Waals surface area (Å²) in [6, 6.07) is 0.538. The molecule has 0 fully saturated rings. The minimum Gasteiger partial charge on any atom is -0.496 e. The molecule has 0 saturated carbocycles. The van der Waals surface area contributed by atoms with Gasteiger partial charge in [0.15, 0.2) is 0 Å². The van der Waals surface area contributed by atoms with Crippen molar-refractivity contribution in [3.05, 3.63) is 23.0 Å². The Kier molecular flexibility index (Phi) is 6.29. The minimum atomic E-state index is 0.538. The zero-order valence-corrected chi connectivity index (χ0v) is 13.2. The molecule has 0 aliphatic rings. The summed E-state index contributed by atoms with van der Waals surface area (Å²) in [7, 11) is 1.73. The smallest absolute Gasteiger partial charge is 0.128 e. The Balaban J connectivity index is 2.80. The Morgan fingerprint density at radius 1 is 1.32 bits per heavy atom. The maximum atomic E-state index is 5.47. The van der Waals surface area contributed by atoms with Crippen molar-refractivity contribution in [3.8, 4) is 5.75 Å². The fourth-order valence-electron chi connectivity index (χ4n) is 2.31. The van der Waals surface area contributed by atoms with Crippen molar-refractivity contribution in [2.45, 2.75) is 53.5 Å². The zero-order chi connectivity index (χ0) is 14.4. The van der Waals surface area contributed by atoms with Crippen LogP contribution in [0.25, 0.3) is 0 Å². The topological polar surface area (TPSA) is 34.2 Å².